The van der Waals surface area contributed by atoms with E-state index >= 15 is 0 Å². The molecule has 0 bridgehead atoms. The highest BCUT2D eigenvalue weighted by Crippen LogP contribution is 2.42. The van der Waals surface area contributed by atoms with Crippen LogP contribution in [0, 0.1) is 11.6 Å². The van der Waals surface area contributed by atoms with Gasteiger partial charge in [0, 0.05) is 37.1 Å². The highest BCUT2D eigenvalue weighted by atomic mass is 19.1. The second kappa shape index (κ2) is 22.5. The number of nitrogens with zero attached hydrogens (tertiary/aromatic N) is 10. The summed E-state index contributed by atoms with van der Waals surface area (Å²) >= 11 is 0. The number of hydrogen-bond donors (Lipinski definition) is 3. The molecule has 0 saturated carbocycles. The Bertz CT molecular complexity index is 3090. The van der Waals surface area contributed by atoms with Gasteiger partial charge in [-0.15, -0.1) is 10.2 Å². The summed E-state index contributed by atoms with van der Waals surface area (Å²) in [5, 5.41) is 53.3. The summed E-state index contributed by atoms with van der Waals surface area (Å²) in [5.41, 5.74) is 9.70. The van der Waals surface area contributed by atoms with Crippen molar-refractivity contribution in [3.63, 3.8) is 0 Å². The molecule has 18 nitrogen and oxygen atoms in total. The first-order valence-electron chi connectivity index (χ1n) is 25.2. The summed E-state index contributed by atoms with van der Waals surface area (Å²) in [7, 11) is 0. The summed E-state index contributed by atoms with van der Waals surface area (Å²) in [4.78, 5) is 33.4. The number of carboxylic acids is 1. The lowest BCUT2D eigenvalue weighted by molar-refractivity contribution is -0.290. The maximum absolute atomic E-state index is 14.0. The topological polar surface area (TPSA) is 235 Å². The van der Waals surface area contributed by atoms with Gasteiger partial charge in [-0.3, -0.25) is 9.59 Å². The third-order valence-electron chi connectivity index (χ3n) is 12.8. The van der Waals surface area contributed by atoms with E-state index in [-0.39, 0.29) is 54.5 Å². The van der Waals surface area contributed by atoms with Crippen LogP contribution in [0.4, 0.5) is 8.78 Å². The second-order valence-corrected chi connectivity index (χ2v) is 21.1. The molecule has 4 atom stereocenters. The number of halogens is 2. The number of carbonyl (C=O) groups is 2. The van der Waals surface area contributed by atoms with Crippen LogP contribution in [-0.2, 0) is 49.7 Å². The van der Waals surface area contributed by atoms with E-state index in [2.05, 4.69) is 51.0 Å². The maximum Gasteiger partial charge on any atom is 0.308 e. The molecule has 0 radical (unpaired) electrons. The van der Waals surface area contributed by atoms with Crippen LogP contribution in [0.3, 0.4) is 0 Å². The lowest BCUT2D eigenvalue weighted by Crippen LogP contribution is -2.45. The van der Waals surface area contributed by atoms with Crippen LogP contribution in [0.15, 0.2) is 60.7 Å². The van der Waals surface area contributed by atoms with Crippen LogP contribution < -0.4 is 0 Å². The highest BCUT2D eigenvalue weighted by Gasteiger charge is 2.37. The average molecular weight is 1030 g/mol. The van der Waals surface area contributed by atoms with Gasteiger partial charge in [-0.2, -0.15) is 0 Å². The fourth-order valence-corrected chi connectivity index (χ4v) is 9.78. The molecule has 396 valence electrons. The fraction of sp³-hybridized carbons (Fsp3) is 0.455. The number of ether oxygens (including phenoxy) is 3. The van der Waals surface area contributed by atoms with Gasteiger partial charge in [0.25, 0.3) is 0 Å². The Kier molecular flexibility index (Phi) is 16.2. The van der Waals surface area contributed by atoms with Crippen molar-refractivity contribution in [2.24, 2.45) is 0 Å². The van der Waals surface area contributed by atoms with E-state index in [1.165, 1.54) is 30.3 Å². The number of benzene rings is 2. The van der Waals surface area contributed by atoms with Crippen molar-refractivity contribution >= 4 is 24.1 Å². The minimum absolute atomic E-state index is 0.00477. The number of aliphatic hydroxyl groups is 2. The quantitative estimate of drug-likeness (QED) is 0.0865. The normalized spacial score (nSPS) is 17.7. The first-order valence-corrected chi connectivity index (χ1v) is 25.2. The summed E-state index contributed by atoms with van der Waals surface area (Å²) in [6.07, 6.45) is 5.83. The van der Waals surface area contributed by atoms with E-state index in [0.29, 0.717) is 49.7 Å². The number of hydrogen-bond acceptors (Lipinski definition) is 15. The number of fused-ring (bicyclic) bond motifs is 6. The van der Waals surface area contributed by atoms with Crippen molar-refractivity contribution in [3.05, 3.63) is 106 Å². The maximum atomic E-state index is 14.0. The SMILES string of the molecule is CC(C)c1nc2c(c(-c3ccc(F)cc3)c1/C=C/[C@@H](O)C[C@@H](O)CC(=O)O)CCn1nnnc1-2.CC(C)c1nc2c(c(-c3ccc(F)cc3)c1/C=C/[C@@H]1C[C@H](CC(=O)OC(C)(C)C)OC(C)(C)O1)CCn1nnnc1-2. The van der Waals surface area contributed by atoms with Crippen molar-refractivity contribution in [1.29, 1.82) is 0 Å². The van der Waals surface area contributed by atoms with Crippen LogP contribution >= 0.6 is 0 Å². The Morgan fingerprint density at radius 2 is 1.28 bits per heavy atom. The Hall–Kier alpha value is -7.00. The van der Waals surface area contributed by atoms with Crippen LogP contribution in [0.5, 0.6) is 0 Å². The van der Waals surface area contributed by atoms with E-state index in [1.54, 1.807) is 39.7 Å². The predicted molar refractivity (Wildman–Crippen MR) is 274 cm³/mol. The summed E-state index contributed by atoms with van der Waals surface area (Å²) in [6, 6.07) is 12.8. The molecule has 1 fully saturated rings. The van der Waals surface area contributed by atoms with Crippen molar-refractivity contribution in [1.82, 2.24) is 50.4 Å². The van der Waals surface area contributed by atoms with Gasteiger partial charge in [0.1, 0.15) is 28.6 Å². The zero-order valence-corrected chi connectivity index (χ0v) is 43.7. The Morgan fingerprint density at radius 1 is 0.787 bits per heavy atom. The number of esters is 1. The summed E-state index contributed by atoms with van der Waals surface area (Å²) in [5.74, 6) is -1.68. The van der Waals surface area contributed by atoms with Gasteiger partial charge in [0.2, 0.25) is 11.6 Å². The van der Waals surface area contributed by atoms with E-state index < -0.39 is 36.0 Å². The molecule has 75 heavy (non-hydrogen) atoms. The summed E-state index contributed by atoms with van der Waals surface area (Å²) < 4.78 is 49.0. The van der Waals surface area contributed by atoms with Gasteiger partial charge in [0.15, 0.2) is 5.79 Å². The van der Waals surface area contributed by atoms with Crippen molar-refractivity contribution in [3.8, 4) is 45.3 Å². The Morgan fingerprint density at radius 3 is 1.75 bits per heavy atom. The van der Waals surface area contributed by atoms with Crippen molar-refractivity contribution in [2.45, 2.75) is 162 Å². The largest absolute Gasteiger partial charge is 0.481 e. The number of aliphatic hydroxyl groups excluding tert-OH is 2. The molecule has 7 heterocycles. The summed E-state index contributed by atoms with van der Waals surface area (Å²) in [6.45, 7) is 18.6. The number of carbonyl (C=O) groups excluding carboxylic acids is 1. The van der Waals surface area contributed by atoms with Crippen molar-refractivity contribution in [2.75, 3.05) is 0 Å². The molecule has 9 rings (SSSR count). The fourth-order valence-electron chi connectivity index (χ4n) is 9.78. The number of rotatable bonds is 14. The van der Waals surface area contributed by atoms with E-state index in [4.69, 9.17) is 29.3 Å². The molecule has 3 aliphatic heterocycles. The molecule has 0 unspecified atom stereocenters. The molecule has 1 saturated heterocycles. The molecule has 4 aromatic heterocycles. The van der Waals surface area contributed by atoms with E-state index in [9.17, 15) is 28.6 Å². The molecule has 6 aromatic rings. The van der Waals surface area contributed by atoms with Gasteiger partial charge in [-0.1, -0.05) is 76.3 Å². The number of aromatic nitrogens is 10. The van der Waals surface area contributed by atoms with Gasteiger partial charge >= 0.3 is 11.9 Å². The number of aliphatic carboxylic acids is 1. The average Bonchev–Trinajstić information content (AvgIpc) is 4.04. The predicted octanol–water partition coefficient (Wildman–Crippen LogP) is 8.70. The number of carboxylic acid groups (broad SMARTS) is 1. The molecule has 3 aliphatic rings. The minimum Gasteiger partial charge on any atom is -0.481 e. The molecular formula is C55H64F2N10O8. The Labute approximate surface area is 433 Å². The van der Waals surface area contributed by atoms with Gasteiger partial charge in [0.05, 0.1) is 48.6 Å². The smallest absolute Gasteiger partial charge is 0.308 e. The lowest BCUT2D eigenvalue weighted by Gasteiger charge is -2.40. The van der Waals surface area contributed by atoms with Crippen LogP contribution in [0.25, 0.3) is 57.4 Å². The molecular weight excluding hydrogens is 967 g/mol. The van der Waals surface area contributed by atoms with Gasteiger partial charge in [-0.05, 0) is 138 Å². The minimum atomic E-state index is -1.17. The lowest BCUT2D eigenvalue weighted by atomic mass is 9.86. The first-order chi connectivity index (χ1) is 35.5. The van der Waals surface area contributed by atoms with E-state index in [1.807, 2.05) is 54.5 Å². The molecule has 0 aliphatic carbocycles. The standard InChI is InChI=1S/C31H38FN5O4.C24H26FN5O4/c1-18(2)27-23(13-12-21-16-22(40-31(6,7)39-21)17-25(38)41-30(3,4)5)26(19-8-10-20(32)11-9-19)24-14-15-37-29(28(24)33-27)34-35-36-37;1-13(2)22-18(8-7-16(31)11-17(32)12-20(33)34)21(14-3-5-15(25)6-4-14)19-9-10-30-24(23(19)26-22)27-28-29-30/h8-13,18,21-22H,14-17H2,1-7H3;3-8,13,16-17,31-32H,9-12H2,1-2H3,(H,33,34)/b13-12+;8-7+/t21-,22-;16-,17-/m11/s1. The van der Waals surface area contributed by atoms with Crippen molar-refractivity contribution < 1.29 is 47.9 Å². The molecule has 20 heteroatoms. The first kappa shape index (κ1) is 54.3. The third-order valence-corrected chi connectivity index (χ3v) is 12.8. The number of pyridine rings is 2. The molecule has 0 amide bonds. The third kappa shape index (κ3) is 12.9. The zero-order chi connectivity index (χ0) is 53.9. The highest BCUT2D eigenvalue weighted by molar-refractivity contribution is 5.85. The number of aryl methyl sites for hydroxylation is 2. The number of tetrazole rings is 2. The molecule has 3 N–H and O–H groups in total. The second-order valence-electron chi connectivity index (χ2n) is 21.1. The Balaban J connectivity index is 0.000000203. The molecule has 0 spiro atoms. The van der Waals surface area contributed by atoms with Gasteiger partial charge in [-0.25, -0.2) is 28.1 Å². The van der Waals surface area contributed by atoms with Crippen LogP contribution in [0.2, 0.25) is 0 Å². The zero-order valence-electron chi connectivity index (χ0n) is 43.7. The van der Waals surface area contributed by atoms with E-state index in [0.717, 1.165) is 61.6 Å². The monoisotopic (exact) mass is 1030 g/mol. The van der Waals surface area contributed by atoms with Gasteiger partial charge < -0.3 is 29.5 Å². The molecule has 2 aromatic carbocycles. The van der Waals surface area contributed by atoms with Crippen LogP contribution in [0.1, 0.15) is 133 Å². The van der Waals surface area contributed by atoms with Crippen LogP contribution in [-0.4, -0.2) is 113 Å².